The molecule has 2 heterocycles. The first-order valence-corrected chi connectivity index (χ1v) is 9.91. The van der Waals surface area contributed by atoms with Crippen molar-refractivity contribution in [2.45, 2.75) is 66.2 Å². The minimum Gasteiger partial charge on any atom is -0.466 e. The molecule has 1 aromatic rings. The van der Waals surface area contributed by atoms with E-state index >= 15 is 0 Å². The van der Waals surface area contributed by atoms with Gasteiger partial charge in [0.2, 0.25) is 0 Å². The molecule has 0 amide bonds. The van der Waals surface area contributed by atoms with E-state index in [4.69, 9.17) is 9.72 Å². The summed E-state index contributed by atoms with van der Waals surface area (Å²) in [5.74, 6) is 1.87. The van der Waals surface area contributed by atoms with Crippen LogP contribution in [0.15, 0.2) is 6.20 Å². The molecular formula is C20H33N3O2. The van der Waals surface area contributed by atoms with E-state index < -0.39 is 0 Å². The quantitative estimate of drug-likeness (QED) is 0.730. The molecule has 0 unspecified atom stereocenters. The molecule has 5 nitrogen and oxygen atoms in total. The smallest absolute Gasteiger partial charge is 0.309 e. The van der Waals surface area contributed by atoms with Crippen molar-refractivity contribution in [2.24, 2.45) is 11.8 Å². The van der Waals surface area contributed by atoms with Crippen molar-refractivity contribution in [3.63, 3.8) is 0 Å². The number of carbonyl (C=O) groups excluding carboxylic acids is 1. The molecule has 5 heteroatoms. The number of ether oxygens (including phenoxy) is 1. The number of aromatic nitrogens is 2. The standard InChI is InChI=1S/C18H27N3O2.C2H6/c1-3-23-18(22)15-8-10-21(11-9-15)17-12-19-13(2)16(20-17)7-6-14-4-5-14;1-2/h12,14-15H,3-11H2,1-2H3;1-2H3. The molecule has 0 radical (unpaired) electrons. The third-order valence-electron chi connectivity index (χ3n) is 4.97. The summed E-state index contributed by atoms with van der Waals surface area (Å²) in [7, 11) is 0. The first-order valence-electron chi connectivity index (χ1n) is 9.91. The topological polar surface area (TPSA) is 55.3 Å². The Morgan fingerprint density at radius 1 is 1.24 bits per heavy atom. The second-order valence-electron chi connectivity index (χ2n) is 6.76. The number of piperidine rings is 1. The zero-order chi connectivity index (χ0) is 18.2. The lowest BCUT2D eigenvalue weighted by atomic mass is 9.97. The van der Waals surface area contributed by atoms with Crippen LogP contribution in [0.25, 0.3) is 0 Å². The van der Waals surface area contributed by atoms with Crippen LogP contribution < -0.4 is 4.90 Å². The van der Waals surface area contributed by atoms with Crippen molar-refractivity contribution >= 4 is 11.8 Å². The van der Waals surface area contributed by atoms with Gasteiger partial charge in [0.1, 0.15) is 5.82 Å². The van der Waals surface area contributed by atoms with Crippen molar-refractivity contribution in [3.8, 4) is 0 Å². The number of carbonyl (C=O) groups is 1. The molecule has 0 spiro atoms. The summed E-state index contributed by atoms with van der Waals surface area (Å²) in [5, 5.41) is 0. The Hall–Kier alpha value is -1.65. The van der Waals surface area contributed by atoms with Gasteiger partial charge < -0.3 is 9.64 Å². The molecule has 1 saturated carbocycles. The van der Waals surface area contributed by atoms with Crippen molar-refractivity contribution in [3.05, 3.63) is 17.6 Å². The first-order chi connectivity index (χ1) is 12.2. The number of rotatable bonds is 6. The minimum absolute atomic E-state index is 0.0407. The summed E-state index contributed by atoms with van der Waals surface area (Å²) < 4.78 is 5.13. The maximum Gasteiger partial charge on any atom is 0.309 e. The predicted molar refractivity (Wildman–Crippen MR) is 101 cm³/mol. The van der Waals surface area contributed by atoms with Crippen LogP contribution in [0.5, 0.6) is 0 Å². The minimum atomic E-state index is -0.0488. The first kappa shape index (κ1) is 19.7. The molecule has 1 aliphatic carbocycles. The lowest BCUT2D eigenvalue weighted by Gasteiger charge is -2.31. The van der Waals surface area contributed by atoms with E-state index in [0.717, 1.165) is 55.5 Å². The maximum absolute atomic E-state index is 11.8. The van der Waals surface area contributed by atoms with Crippen LogP contribution >= 0.6 is 0 Å². The maximum atomic E-state index is 11.8. The van der Waals surface area contributed by atoms with Gasteiger partial charge in [-0.2, -0.15) is 0 Å². The monoisotopic (exact) mass is 347 g/mol. The van der Waals surface area contributed by atoms with E-state index in [9.17, 15) is 4.79 Å². The molecule has 0 aromatic carbocycles. The second-order valence-corrected chi connectivity index (χ2v) is 6.76. The Balaban J connectivity index is 0.00000109. The Bertz CT molecular complexity index is 550. The number of anilines is 1. The molecule has 1 aliphatic heterocycles. The van der Waals surface area contributed by atoms with E-state index in [1.165, 1.54) is 19.3 Å². The van der Waals surface area contributed by atoms with E-state index in [1.807, 2.05) is 33.9 Å². The fourth-order valence-electron chi connectivity index (χ4n) is 3.22. The van der Waals surface area contributed by atoms with Gasteiger partial charge in [-0.1, -0.05) is 26.7 Å². The highest BCUT2D eigenvalue weighted by molar-refractivity contribution is 5.72. The lowest BCUT2D eigenvalue weighted by molar-refractivity contribution is -0.148. The molecule has 1 aromatic heterocycles. The van der Waals surface area contributed by atoms with Gasteiger partial charge in [-0.25, -0.2) is 4.98 Å². The van der Waals surface area contributed by atoms with E-state index in [1.54, 1.807) is 0 Å². The lowest BCUT2D eigenvalue weighted by Crippen LogP contribution is -2.37. The van der Waals surface area contributed by atoms with Gasteiger partial charge in [0, 0.05) is 13.1 Å². The summed E-state index contributed by atoms with van der Waals surface area (Å²) in [6.45, 7) is 10.1. The summed E-state index contributed by atoms with van der Waals surface area (Å²) in [4.78, 5) is 23.5. The van der Waals surface area contributed by atoms with Gasteiger partial charge in [-0.3, -0.25) is 9.78 Å². The number of hydrogen-bond acceptors (Lipinski definition) is 5. The van der Waals surface area contributed by atoms with Crippen LogP contribution in [-0.2, 0) is 16.0 Å². The molecule has 2 fully saturated rings. The largest absolute Gasteiger partial charge is 0.466 e. The zero-order valence-corrected chi connectivity index (χ0v) is 16.3. The third-order valence-corrected chi connectivity index (χ3v) is 4.97. The Labute approximate surface area is 152 Å². The van der Waals surface area contributed by atoms with Crippen LogP contribution in [-0.4, -0.2) is 35.6 Å². The molecule has 0 atom stereocenters. The fraction of sp³-hybridized carbons (Fsp3) is 0.750. The van der Waals surface area contributed by atoms with Gasteiger partial charge in [-0.05, 0) is 45.4 Å². The van der Waals surface area contributed by atoms with Crippen LogP contribution in [0.3, 0.4) is 0 Å². The molecule has 2 aliphatic rings. The highest BCUT2D eigenvalue weighted by atomic mass is 16.5. The van der Waals surface area contributed by atoms with Crippen LogP contribution in [0.1, 0.15) is 64.3 Å². The molecule has 0 bridgehead atoms. The van der Waals surface area contributed by atoms with Crippen molar-refractivity contribution in [1.29, 1.82) is 0 Å². The Morgan fingerprint density at radius 3 is 2.52 bits per heavy atom. The van der Waals surface area contributed by atoms with Gasteiger partial charge in [0.05, 0.1) is 30.1 Å². The van der Waals surface area contributed by atoms with Gasteiger partial charge in [-0.15, -0.1) is 0 Å². The van der Waals surface area contributed by atoms with Crippen LogP contribution in [0.2, 0.25) is 0 Å². The average Bonchev–Trinajstić information content (AvgIpc) is 3.47. The number of hydrogen-bond donors (Lipinski definition) is 0. The average molecular weight is 348 g/mol. The van der Waals surface area contributed by atoms with Gasteiger partial charge in [0.25, 0.3) is 0 Å². The highest BCUT2D eigenvalue weighted by Gasteiger charge is 2.27. The van der Waals surface area contributed by atoms with Crippen molar-refractivity contribution in [1.82, 2.24) is 9.97 Å². The number of nitrogens with zero attached hydrogens (tertiary/aromatic N) is 3. The summed E-state index contributed by atoms with van der Waals surface area (Å²) in [6.07, 6.45) is 8.60. The molecule has 0 N–H and O–H groups in total. The van der Waals surface area contributed by atoms with Gasteiger partial charge in [0.15, 0.2) is 0 Å². The summed E-state index contributed by atoms with van der Waals surface area (Å²) in [5.41, 5.74) is 2.19. The summed E-state index contributed by atoms with van der Waals surface area (Å²) >= 11 is 0. The van der Waals surface area contributed by atoms with E-state index in [-0.39, 0.29) is 11.9 Å². The van der Waals surface area contributed by atoms with E-state index in [0.29, 0.717) is 6.61 Å². The zero-order valence-electron chi connectivity index (χ0n) is 16.3. The predicted octanol–water partition coefficient (Wildman–Crippen LogP) is 3.93. The van der Waals surface area contributed by atoms with Crippen LogP contribution in [0, 0.1) is 18.8 Å². The fourth-order valence-corrected chi connectivity index (χ4v) is 3.22. The highest BCUT2D eigenvalue weighted by Crippen LogP contribution is 2.33. The Kier molecular flexibility index (Phi) is 7.66. The van der Waals surface area contributed by atoms with Crippen molar-refractivity contribution < 1.29 is 9.53 Å². The molecule has 140 valence electrons. The molecule has 1 saturated heterocycles. The third kappa shape index (κ3) is 5.68. The number of esters is 1. The molecule has 3 rings (SSSR count). The Morgan fingerprint density at radius 2 is 1.92 bits per heavy atom. The SMILES string of the molecule is CC.CCOC(=O)C1CCN(c2cnc(C)c(CCC3CC3)n2)CC1. The second kappa shape index (κ2) is 9.73. The molecular weight excluding hydrogens is 314 g/mol. The van der Waals surface area contributed by atoms with Gasteiger partial charge >= 0.3 is 5.97 Å². The molecule has 25 heavy (non-hydrogen) atoms. The normalized spacial score (nSPS) is 17.7. The van der Waals surface area contributed by atoms with Crippen molar-refractivity contribution in [2.75, 3.05) is 24.6 Å². The van der Waals surface area contributed by atoms with Crippen LogP contribution in [0.4, 0.5) is 5.82 Å². The van der Waals surface area contributed by atoms with E-state index in [2.05, 4.69) is 9.88 Å². The summed E-state index contributed by atoms with van der Waals surface area (Å²) in [6, 6.07) is 0. The number of aryl methyl sites for hydroxylation is 2.